The molecule has 9 heteroatoms. The number of rotatable bonds is 9. The first-order valence-corrected chi connectivity index (χ1v) is 11.8. The Morgan fingerprint density at radius 2 is 1.74 bits per heavy atom. The highest BCUT2D eigenvalue weighted by molar-refractivity contribution is 7.19. The Balaban J connectivity index is 1.48. The molecular weight excluding hydrogens is 474 g/mol. The number of aliphatic hydroxyl groups excluding tert-OH is 1. The quantitative estimate of drug-likeness (QED) is 0.270. The molecule has 1 amide bonds. The van der Waals surface area contributed by atoms with Crippen LogP contribution >= 0.6 is 22.9 Å². The molecule has 2 atom stereocenters. The second-order valence-electron chi connectivity index (χ2n) is 7.80. The Bertz CT molecular complexity index is 1270. The van der Waals surface area contributed by atoms with Gasteiger partial charge in [0.15, 0.2) is 6.10 Å². The predicted molar refractivity (Wildman–Crippen MR) is 132 cm³/mol. The SMILES string of the molecule is O=C(NC(Cc1ccc(-c2ccccc2)cc1)CC(O)C(=O)O)c1cc(-c2ccc(Cl)s2)n[nH]1. The minimum atomic E-state index is -1.60. The van der Waals surface area contributed by atoms with Crippen molar-refractivity contribution in [1.29, 1.82) is 0 Å². The summed E-state index contributed by atoms with van der Waals surface area (Å²) in [7, 11) is 0. The highest BCUT2D eigenvalue weighted by atomic mass is 35.5. The molecule has 4 rings (SSSR count). The number of carbonyl (C=O) groups excluding carboxylic acids is 1. The molecule has 174 valence electrons. The second-order valence-corrected chi connectivity index (χ2v) is 9.51. The van der Waals surface area contributed by atoms with Gasteiger partial charge < -0.3 is 15.5 Å². The van der Waals surface area contributed by atoms with Gasteiger partial charge in [-0.3, -0.25) is 9.89 Å². The largest absolute Gasteiger partial charge is 0.479 e. The highest BCUT2D eigenvalue weighted by Gasteiger charge is 2.23. The van der Waals surface area contributed by atoms with Crippen LogP contribution < -0.4 is 5.32 Å². The Kier molecular flexibility index (Phi) is 7.42. The zero-order valence-corrected chi connectivity index (χ0v) is 19.5. The summed E-state index contributed by atoms with van der Waals surface area (Å²) >= 11 is 7.32. The molecule has 2 aromatic heterocycles. The van der Waals surface area contributed by atoms with Crippen LogP contribution in [0, 0.1) is 0 Å². The van der Waals surface area contributed by atoms with Gasteiger partial charge in [0.25, 0.3) is 5.91 Å². The van der Waals surface area contributed by atoms with E-state index in [1.165, 1.54) is 11.3 Å². The minimum absolute atomic E-state index is 0.136. The summed E-state index contributed by atoms with van der Waals surface area (Å²) in [6.45, 7) is 0. The van der Waals surface area contributed by atoms with Gasteiger partial charge in [-0.15, -0.1) is 11.3 Å². The van der Waals surface area contributed by atoms with Crippen molar-refractivity contribution in [2.75, 3.05) is 0 Å². The lowest BCUT2D eigenvalue weighted by molar-refractivity contribution is -0.147. The number of aliphatic carboxylic acids is 1. The number of H-pyrrole nitrogens is 1. The average molecular weight is 496 g/mol. The summed E-state index contributed by atoms with van der Waals surface area (Å²) in [4.78, 5) is 24.9. The van der Waals surface area contributed by atoms with Crippen molar-refractivity contribution in [2.24, 2.45) is 0 Å². The number of aliphatic hydroxyl groups is 1. The third-order valence-electron chi connectivity index (χ3n) is 5.32. The minimum Gasteiger partial charge on any atom is -0.479 e. The fourth-order valence-electron chi connectivity index (χ4n) is 3.59. The Labute approximate surface area is 205 Å². The van der Waals surface area contributed by atoms with E-state index in [1.54, 1.807) is 12.1 Å². The molecule has 0 radical (unpaired) electrons. The molecule has 0 spiro atoms. The second kappa shape index (κ2) is 10.6. The number of carboxylic acid groups (broad SMARTS) is 1. The molecule has 4 N–H and O–H groups in total. The molecule has 4 aromatic rings. The van der Waals surface area contributed by atoms with Gasteiger partial charge >= 0.3 is 5.97 Å². The van der Waals surface area contributed by atoms with Crippen LogP contribution in [0.25, 0.3) is 21.7 Å². The highest BCUT2D eigenvalue weighted by Crippen LogP contribution is 2.30. The fourth-order valence-corrected chi connectivity index (χ4v) is 4.60. The van der Waals surface area contributed by atoms with E-state index < -0.39 is 24.0 Å². The van der Waals surface area contributed by atoms with E-state index in [-0.39, 0.29) is 12.1 Å². The number of hydrogen-bond acceptors (Lipinski definition) is 5. The van der Waals surface area contributed by atoms with Crippen molar-refractivity contribution in [3.8, 4) is 21.7 Å². The lowest BCUT2D eigenvalue weighted by atomic mass is 9.97. The zero-order valence-electron chi connectivity index (χ0n) is 17.9. The number of halogens is 1. The van der Waals surface area contributed by atoms with Crippen LogP contribution in [0.1, 0.15) is 22.5 Å². The van der Waals surface area contributed by atoms with E-state index in [4.69, 9.17) is 16.7 Å². The van der Waals surface area contributed by atoms with Gasteiger partial charge in [-0.05, 0) is 41.3 Å². The Morgan fingerprint density at radius 1 is 1.03 bits per heavy atom. The molecule has 2 aromatic carbocycles. The molecule has 0 aliphatic rings. The number of benzene rings is 2. The van der Waals surface area contributed by atoms with Gasteiger partial charge in [-0.2, -0.15) is 5.10 Å². The van der Waals surface area contributed by atoms with Crippen molar-refractivity contribution < 1.29 is 19.8 Å². The van der Waals surface area contributed by atoms with Crippen LogP contribution in [-0.2, 0) is 11.2 Å². The van der Waals surface area contributed by atoms with Gasteiger partial charge in [0, 0.05) is 12.5 Å². The number of hydrogen-bond donors (Lipinski definition) is 4. The molecule has 0 aliphatic heterocycles. The van der Waals surface area contributed by atoms with E-state index >= 15 is 0 Å². The number of nitrogens with zero attached hydrogens (tertiary/aromatic N) is 1. The zero-order chi connectivity index (χ0) is 24.1. The number of nitrogens with one attached hydrogen (secondary N) is 2. The molecule has 0 bridgehead atoms. The standard InChI is InChI=1S/C25H22ClN3O4S/c26-23-11-10-22(34-23)19-14-20(29-28-19)24(31)27-18(13-21(30)25(32)33)12-15-6-8-17(9-7-15)16-4-2-1-3-5-16/h1-11,14,18,21,30H,12-13H2,(H,27,31)(H,28,29)(H,32,33). The van der Waals surface area contributed by atoms with Crippen molar-refractivity contribution in [3.05, 3.63) is 88.4 Å². The summed E-state index contributed by atoms with van der Waals surface area (Å²) in [5.74, 6) is -1.78. The summed E-state index contributed by atoms with van der Waals surface area (Å²) in [5.41, 5.74) is 3.85. The number of aromatic nitrogens is 2. The predicted octanol–water partition coefficient (Wildman–Crippen LogP) is 4.64. The van der Waals surface area contributed by atoms with Crippen LogP contribution in [0.5, 0.6) is 0 Å². The molecule has 34 heavy (non-hydrogen) atoms. The van der Waals surface area contributed by atoms with Gasteiger partial charge in [-0.25, -0.2) is 4.79 Å². The molecule has 0 saturated heterocycles. The monoisotopic (exact) mass is 495 g/mol. The first-order chi connectivity index (χ1) is 16.4. The van der Waals surface area contributed by atoms with Crippen molar-refractivity contribution in [2.45, 2.75) is 25.0 Å². The smallest absolute Gasteiger partial charge is 0.332 e. The number of thiophene rings is 1. The summed E-state index contributed by atoms with van der Waals surface area (Å²) in [6.07, 6.45) is -1.38. The maximum Gasteiger partial charge on any atom is 0.332 e. The van der Waals surface area contributed by atoms with Crippen LogP contribution in [0.4, 0.5) is 0 Å². The van der Waals surface area contributed by atoms with E-state index in [1.807, 2.05) is 60.7 Å². The van der Waals surface area contributed by atoms with E-state index in [9.17, 15) is 14.7 Å². The van der Waals surface area contributed by atoms with E-state index in [2.05, 4.69) is 15.5 Å². The molecule has 0 aliphatic carbocycles. The van der Waals surface area contributed by atoms with Crippen molar-refractivity contribution in [1.82, 2.24) is 15.5 Å². The van der Waals surface area contributed by atoms with Crippen LogP contribution in [-0.4, -0.2) is 44.4 Å². The van der Waals surface area contributed by atoms with E-state index in [0.717, 1.165) is 21.6 Å². The number of carboxylic acids is 1. The number of aromatic amines is 1. The lowest BCUT2D eigenvalue weighted by Crippen LogP contribution is -2.40. The van der Waals surface area contributed by atoms with Crippen LogP contribution in [0.3, 0.4) is 0 Å². The van der Waals surface area contributed by atoms with Gasteiger partial charge in [-0.1, -0.05) is 66.2 Å². The Hall–Kier alpha value is -3.46. The molecule has 7 nitrogen and oxygen atoms in total. The maximum absolute atomic E-state index is 12.9. The molecule has 0 saturated carbocycles. The third kappa shape index (κ3) is 5.91. The van der Waals surface area contributed by atoms with Crippen LogP contribution in [0.15, 0.2) is 72.8 Å². The molecule has 2 heterocycles. The number of carbonyl (C=O) groups is 2. The number of amides is 1. The Morgan fingerprint density at radius 3 is 2.38 bits per heavy atom. The van der Waals surface area contributed by atoms with Crippen molar-refractivity contribution >= 4 is 34.8 Å². The van der Waals surface area contributed by atoms with Crippen molar-refractivity contribution in [3.63, 3.8) is 0 Å². The molecule has 2 unspecified atom stereocenters. The van der Waals surface area contributed by atoms with Gasteiger partial charge in [0.2, 0.25) is 0 Å². The summed E-state index contributed by atoms with van der Waals surface area (Å²) in [6, 6.07) is 22.3. The molecule has 0 fully saturated rings. The van der Waals surface area contributed by atoms with Gasteiger partial charge in [0.1, 0.15) is 11.4 Å². The van der Waals surface area contributed by atoms with E-state index in [0.29, 0.717) is 16.5 Å². The molecular formula is C25H22ClN3O4S. The topological polar surface area (TPSA) is 115 Å². The first-order valence-electron chi connectivity index (χ1n) is 10.6. The third-order valence-corrected chi connectivity index (χ3v) is 6.57. The lowest BCUT2D eigenvalue weighted by Gasteiger charge is -2.20. The maximum atomic E-state index is 12.9. The average Bonchev–Trinajstić information content (AvgIpc) is 3.49. The summed E-state index contributed by atoms with van der Waals surface area (Å²) in [5, 5.41) is 28.8. The first kappa shape index (κ1) is 23.7. The van der Waals surface area contributed by atoms with Crippen LogP contribution in [0.2, 0.25) is 4.34 Å². The normalized spacial score (nSPS) is 12.8. The fraction of sp³-hybridized carbons (Fsp3) is 0.160. The summed E-state index contributed by atoms with van der Waals surface area (Å²) < 4.78 is 0.616. The van der Waals surface area contributed by atoms with Gasteiger partial charge in [0.05, 0.1) is 9.21 Å².